The standard InChI is InChI=1S/C52H72N14O16S2/c1-23(2)9-29-39(69)47(77)57-27(7)49-63-33(17-81-49)43(73)61-35(41(71)53-13-31(55-21-67)51(79)65-15-25(5)11-37(65)45(75)59-29)19-83-84-20-36-42(72)54-14-32(56-22-68)52(80)66-16-26(6)12-38(66)46(76)60-30(10-24(3)4)40(70)48(78)58-28(8)50-64-34(18-82-50)44(74)62-36/h17-18,21-32,35-38H,9-16,19-20H2,1-8H3,(H,53,71)(H,54,72)(H,55,67)(H,56,68)(H,57,77)(H,58,78)(H,59,75)(H,60,76)(H,61,73)(H,62,74)/t25-,26-,27-,28-,29-,30-,31-,32-,35+,36+,37-,38-/m0/s1. The van der Waals surface area contributed by atoms with E-state index in [-0.39, 0.29) is 110 Å². The summed E-state index contributed by atoms with van der Waals surface area (Å²) in [6.07, 6.45) is 2.79. The Labute approximate surface area is 490 Å². The normalized spacial score (nSPS) is 28.6. The first kappa shape index (κ1) is 65.3. The predicted molar refractivity (Wildman–Crippen MR) is 297 cm³/mol. The van der Waals surface area contributed by atoms with Gasteiger partial charge in [0.25, 0.3) is 23.6 Å². The van der Waals surface area contributed by atoms with E-state index in [0.29, 0.717) is 0 Å². The zero-order valence-corrected chi connectivity index (χ0v) is 49.2. The van der Waals surface area contributed by atoms with Crippen LogP contribution in [0.1, 0.15) is 126 Å². The Morgan fingerprint density at radius 3 is 1.25 bits per heavy atom. The number of aromatic nitrogens is 2. The highest BCUT2D eigenvalue weighted by atomic mass is 33.1. The Kier molecular flexibility index (Phi) is 23.0. The van der Waals surface area contributed by atoms with Crippen LogP contribution < -0.4 is 53.2 Å². The molecule has 0 radical (unpaired) electrons. The van der Waals surface area contributed by atoms with Crippen LogP contribution in [0, 0.1) is 23.7 Å². The van der Waals surface area contributed by atoms with Crippen molar-refractivity contribution in [1.29, 1.82) is 0 Å². The lowest BCUT2D eigenvalue weighted by Gasteiger charge is -2.30. The molecule has 458 valence electrons. The molecule has 12 atom stereocenters. The van der Waals surface area contributed by atoms with E-state index in [1.807, 2.05) is 0 Å². The van der Waals surface area contributed by atoms with E-state index in [4.69, 9.17) is 8.83 Å². The van der Waals surface area contributed by atoms with E-state index in [0.717, 1.165) is 34.1 Å². The molecule has 4 bridgehead atoms. The van der Waals surface area contributed by atoms with Crippen molar-refractivity contribution in [3.05, 3.63) is 35.7 Å². The Bertz CT molecular complexity index is 2660. The number of nitrogens with one attached hydrogen (secondary N) is 10. The van der Waals surface area contributed by atoms with Crippen molar-refractivity contribution in [1.82, 2.24) is 72.9 Å². The van der Waals surface area contributed by atoms with Crippen LogP contribution in [-0.2, 0) is 57.5 Å². The van der Waals surface area contributed by atoms with Gasteiger partial charge in [-0.25, -0.2) is 9.97 Å². The Morgan fingerprint density at radius 1 is 0.536 bits per heavy atom. The van der Waals surface area contributed by atoms with Crippen molar-refractivity contribution < 1.29 is 76.0 Å². The molecule has 0 saturated carbocycles. The highest BCUT2D eigenvalue weighted by molar-refractivity contribution is 8.76. The molecule has 2 aromatic heterocycles. The van der Waals surface area contributed by atoms with E-state index in [2.05, 4.69) is 63.1 Å². The summed E-state index contributed by atoms with van der Waals surface area (Å²) in [5, 5.41) is 25.2. The lowest BCUT2D eigenvalue weighted by atomic mass is 9.98. The summed E-state index contributed by atoms with van der Waals surface area (Å²) in [7, 11) is 1.84. The molecule has 6 rings (SSSR count). The second-order valence-electron chi connectivity index (χ2n) is 22.1. The van der Waals surface area contributed by atoms with Crippen molar-refractivity contribution in [3.63, 3.8) is 0 Å². The van der Waals surface area contributed by atoms with Gasteiger partial charge < -0.3 is 71.8 Å². The van der Waals surface area contributed by atoms with Gasteiger partial charge in [0.1, 0.15) is 60.9 Å². The van der Waals surface area contributed by atoms with Gasteiger partial charge in [-0.1, -0.05) is 63.1 Å². The predicted octanol–water partition coefficient (Wildman–Crippen LogP) is -2.54. The number of hydrogen-bond donors (Lipinski definition) is 10. The number of carbonyl (C=O) groups is 14. The third kappa shape index (κ3) is 16.9. The van der Waals surface area contributed by atoms with Gasteiger partial charge in [0, 0.05) is 37.7 Å². The minimum Gasteiger partial charge on any atom is -0.446 e. The van der Waals surface area contributed by atoms with Gasteiger partial charge >= 0.3 is 0 Å². The van der Waals surface area contributed by atoms with Crippen molar-refractivity contribution in [2.24, 2.45) is 23.7 Å². The molecular weight excluding hydrogens is 1140 g/mol. The lowest BCUT2D eigenvalue weighted by Crippen LogP contribution is -2.58. The second kappa shape index (κ2) is 29.6. The molecule has 2 fully saturated rings. The first-order valence-electron chi connectivity index (χ1n) is 27.4. The molecule has 4 aliphatic heterocycles. The number of hydrogen-bond acceptors (Lipinski definition) is 20. The van der Waals surface area contributed by atoms with Gasteiger partial charge in [0.2, 0.25) is 71.6 Å². The van der Waals surface area contributed by atoms with Gasteiger partial charge in [-0.3, -0.25) is 67.1 Å². The molecule has 10 N–H and O–H groups in total. The van der Waals surface area contributed by atoms with Gasteiger partial charge in [-0.2, -0.15) is 0 Å². The molecule has 32 heteroatoms. The summed E-state index contributed by atoms with van der Waals surface area (Å²) in [5.74, 6) is -12.6. The molecule has 6 heterocycles. The Hall–Kier alpha value is -7.90. The maximum Gasteiger partial charge on any atom is 0.290 e. The number of rotatable bonds is 13. The molecule has 0 unspecified atom stereocenters. The molecule has 4 aliphatic rings. The number of fused-ring (bicyclic) bond motifs is 6. The second-order valence-corrected chi connectivity index (χ2v) is 24.7. The maximum absolute atomic E-state index is 14.2. The monoisotopic (exact) mass is 1210 g/mol. The fourth-order valence-electron chi connectivity index (χ4n) is 9.89. The molecule has 2 saturated heterocycles. The average molecular weight is 1210 g/mol. The average Bonchev–Trinajstić information content (AvgIpc) is 4.48. The van der Waals surface area contributed by atoms with E-state index < -0.39 is 144 Å². The van der Waals surface area contributed by atoms with Crippen LogP contribution in [-0.4, -0.2) is 189 Å². The van der Waals surface area contributed by atoms with E-state index in [9.17, 15) is 67.1 Å². The molecular formula is C52H72N14O16S2. The summed E-state index contributed by atoms with van der Waals surface area (Å²) < 4.78 is 11.0. The molecule has 84 heavy (non-hydrogen) atoms. The van der Waals surface area contributed by atoms with E-state index >= 15 is 0 Å². The minimum atomic E-state index is -1.49. The largest absolute Gasteiger partial charge is 0.446 e. The Balaban J connectivity index is 1.25. The van der Waals surface area contributed by atoms with Crippen LogP contribution in [0.2, 0.25) is 0 Å². The molecule has 0 aliphatic carbocycles. The third-order valence-corrected chi connectivity index (χ3v) is 16.6. The minimum absolute atomic E-state index is 0.0550. The quantitative estimate of drug-likeness (QED) is 0.0427. The highest BCUT2D eigenvalue weighted by Gasteiger charge is 2.44. The number of nitrogens with zero attached hydrogens (tertiary/aromatic N) is 4. The van der Waals surface area contributed by atoms with Gasteiger partial charge in [-0.15, -0.1) is 0 Å². The third-order valence-electron chi connectivity index (χ3n) is 14.2. The van der Waals surface area contributed by atoms with Crippen LogP contribution >= 0.6 is 21.6 Å². The first-order valence-corrected chi connectivity index (χ1v) is 29.9. The van der Waals surface area contributed by atoms with Crippen LogP contribution in [0.15, 0.2) is 21.4 Å². The summed E-state index contributed by atoms with van der Waals surface area (Å²) >= 11 is 0. The fraction of sp³-hybridized carbons (Fsp3) is 0.615. The van der Waals surface area contributed by atoms with Crippen LogP contribution in [0.4, 0.5) is 0 Å². The van der Waals surface area contributed by atoms with Crippen molar-refractivity contribution in [2.45, 2.75) is 141 Å². The molecule has 12 amide bonds. The van der Waals surface area contributed by atoms with Gasteiger partial charge in [0.05, 0.1) is 12.1 Å². The lowest BCUT2D eigenvalue weighted by molar-refractivity contribution is -0.143. The number of oxazole rings is 2. The molecule has 0 spiro atoms. The van der Waals surface area contributed by atoms with E-state index in [1.165, 1.54) is 23.6 Å². The van der Waals surface area contributed by atoms with Crippen molar-refractivity contribution in [3.8, 4) is 0 Å². The zero-order chi connectivity index (χ0) is 61.7. The Morgan fingerprint density at radius 2 is 0.905 bits per heavy atom. The van der Waals surface area contributed by atoms with Crippen LogP contribution in [0.3, 0.4) is 0 Å². The fourth-order valence-corrected chi connectivity index (χ4v) is 12.2. The smallest absolute Gasteiger partial charge is 0.290 e. The SMILES string of the molecule is CC(C)C[C@@H]1NC(=O)[C@@H]2C[C@H](C)CN2C(=O)[C@@H](NC=O)CNC(=O)[C@@H](CSSC[C@H]2NC(=O)c3coc(n3)[C@H](C)NC(=O)C(=O)[C@H](CC(C)C)NC(=O)[C@@H]3C[C@H](C)CN3C(=O)[C@@H](NC=O)CNC2=O)NC(=O)c2coc(n2)[C@H](C)NC(=O)C1=O. The highest BCUT2D eigenvalue weighted by Crippen LogP contribution is 2.28. The van der Waals surface area contributed by atoms with Gasteiger partial charge in [0.15, 0.2) is 11.4 Å². The number of Topliss-reactive ketones (excluding diaryl/α,β-unsaturated/α-hetero) is 2. The molecule has 30 nitrogen and oxygen atoms in total. The van der Waals surface area contributed by atoms with Gasteiger partial charge in [-0.05, 0) is 63.2 Å². The molecule has 0 aromatic carbocycles. The summed E-state index contributed by atoms with van der Waals surface area (Å²) in [4.78, 5) is 201. The van der Waals surface area contributed by atoms with E-state index in [1.54, 1.807) is 41.5 Å². The van der Waals surface area contributed by atoms with Crippen molar-refractivity contribution >= 4 is 105 Å². The summed E-state index contributed by atoms with van der Waals surface area (Å²) in [6, 6.07) is -12.9. The number of carbonyl (C=O) groups excluding carboxylic acids is 14. The summed E-state index contributed by atoms with van der Waals surface area (Å²) in [6.45, 7) is 12.6. The summed E-state index contributed by atoms with van der Waals surface area (Å²) in [5.41, 5.74) is -0.731. The first-order chi connectivity index (χ1) is 39.8. The number of amides is 12. The number of ketones is 2. The molecule has 2 aromatic rings. The van der Waals surface area contributed by atoms with Crippen LogP contribution in [0.25, 0.3) is 0 Å². The zero-order valence-electron chi connectivity index (χ0n) is 47.6. The van der Waals surface area contributed by atoms with Crippen LogP contribution in [0.5, 0.6) is 0 Å². The topological polar surface area (TPSA) is 418 Å². The maximum atomic E-state index is 14.2. The van der Waals surface area contributed by atoms with Crippen molar-refractivity contribution in [2.75, 3.05) is 37.7 Å².